The molecule has 144 valence electrons. The van der Waals surface area contributed by atoms with E-state index in [0.29, 0.717) is 9.77 Å². The van der Waals surface area contributed by atoms with E-state index in [-0.39, 0.29) is 0 Å². The van der Waals surface area contributed by atoms with Crippen LogP contribution in [0.1, 0.15) is 48.1 Å². The number of benzene rings is 1. The van der Waals surface area contributed by atoms with E-state index in [2.05, 4.69) is 11.4 Å². The van der Waals surface area contributed by atoms with E-state index in [4.69, 9.17) is 5.84 Å². The molecule has 2 aliphatic rings. The number of carbonyl (C=O) groups is 1. The molecular formula is C19H23N3O3S2. The van der Waals surface area contributed by atoms with Gasteiger partial charge in [-0.25, -0.2) is 4.79 Å². The number of nitrogens with two attached hydrogens (primary N) is 1. The number of thiophene rings is 1. The highest BCUT2D eigenvalue weighted by Gasteiger charge is 2.32. The number of carbonyl (C=O) groups excluding carboxylic acids is 1. The predicted molar refractivity (Wildman–Crippen MR) is 107 cm³/mol. The van der Waals surface area contributed by atoms with Crippen LogP contribution >= 0.6 is 11.3 Å². The maximum Gasteiger partial charge on any atom is 0.379 e. The van der Waals surface area contributed by atoms with E-state index in [1.807, 2.05) is 0 Å². The molecule has 0 radical (unpaired) electrons. The molecule has 0 saturated carbocycles. The molecule has 8 heteroatoms. The molecular weight excluding hydrogens is 382 g/mol. The smallest absolute Gasteiger partial charge is 0.379 e. The fourth-order valence-corrected chi connectivity index (χ4v) is 5.78. The van der Waals surface area contributed by atoms with E-state index in [1.165, 1.54) is 33.6 Å². The molecule has 2 amide bonds. The number of hydrogen-bond donors (Lipinski definition) is 3. The third-order valence-corrected chi connectivity index (χ3v) is 7.73. The molecule has 0 spiro atoms. The third-order valence-electron chi connectivity index (χ3n) is 5.31. The maximum atomic E-state index is 12.7. The lowest BCUT2D eigenvalue weighted by Gasteiger charge is -2.27. The molecule has 2 aromatic rings. The average Bonchev–Trinajstić information content (AvgIpc) is 3.24. The van der Waals surface area contributed by atoms with Crippen molar-refractivity contribution in [1.29, 1.82) is 0 Å². The van der Waals surface area contributed by atoms with Crippen LogP contribution in [0.5, 0.6) is 0 Å². The van der Waals surface area contributed by atoms with Gasteiger partial charge in [0.1, 0.15) is 11.4 Å². The van der Waals surface area contributed by atoms with Crippen LogP contribution in [0.25, 0.3) is 0 Å². The molecule has 0 saturated heterocycles. The number of nitrogens with one attached hydrogen (secondary N) is 1. The molecule has 1 atom stereocenters. The monoisotopic (exact) mass is 405 g/mol. The first kappa shape index (κ1) is 18.8. The zero-order chi connectivity index (χ0) is 19.3. The van der Waals surface area contributed by atoms with Crippen LogP contribution in [-0.2, 0) is 42.6 Å². The highest BCUT2D eigenvalue weighted by molar-refractivity contribution is 7.91. The van der Waals surface area contributed by atoms with Gasteiger partial charge in [-0.1, -0.05) is 21.8 Å². The molecule has 1 heterocycles. The highest BCUT2D eigenvalue weighted by atomic mass is 32.2. The summed E-state index contributed by atoms with van der Waals surface area (Å²) in [4.78, 5) is 12.7. The number of aryl methyl sites for hydroxylation is 2. The lowest BCUT2D eigenvalue weighted by Crippen LogP contribution is -2.45. The number of hydrogen-bond acceptors (Lipinski definition) is 5. The van der Waals surface area contributed by atoms with Gasteiger partial charge in [0.25, 0.3) is 0 Å². The van der Waals surface area contributed by atoms with Gasteiger partial charge in [-0.05, 0) is 73.8 Å². The number of hydrazine groups is 1. The number of urea groups is 1. The summed E-state index contributed by atoms with van der Waals surface area (Å²) in [5.74, 6) is 5.88. The Hall–Kier alpha value is -1.58. The summed E-state index contributed by atoms with van der Waals surface area (Å²) >= 11 is -0.620. The summed E-state index contributed by atoms with van der Waals surface area (Å²) in [6.07, 6.45) is 5.07. The SMILES string of the molecule is CC(C)(O)c1csc([S+]([O-])N(N)C(=O)Nc2c3c(cc4c2CC4)CCC3)c1. The zero-order valence-corrected chi connectivity index (χ0v) is 17.0. The van der Waals surface area contributed by atoms with Crippen LogP contribution in [-0.4, -0.2) is 20.1 Å². The Morgan fingerprint density at radius 3 is 2.59 bits per heavy atom. The number of anilines is 1. The molecule has 0 aliphatic heterocycles. The van der Waals surface area contributed by atoms with Gasteiger partial charge in [-0.15, -0.1) is 0 Å². The van der Waals surface area contributed by atoms with E-state index in [9.17, 15) is 14.5 Å². The van der Waals surface area contributed by atoms with Gasteiger partial charge in [-0.2, -0.15) is 5.84 Å². The van der Waals surface area contributed by atoms with Crippen LogP contribution in [0.4, 0.5) is 10.5 Å². The number of fused-ring (bicyclic) bond motifs is 2. The normalized spacial score (nSPS) is 16.3. The van der Waals surface area contributed by atoms with Gasteiger partial charge in [0, 0.05) is 17.1 Å². The maximum absolute atomic E-state index is 12.7. The lowest BCUT2D eigenvalue weighted by atomic mass is 9.83. The molecule has 0 fully saturated rings. The number of nitrogens with zero attached hydrogens (tertiary/aromatic N) is 1. The molecule has 6 nitrogen and oxygen atoms in total. The third kappa shape index (κ3) is 3.36. The first-order valence-corrected chi connectivity index (χ1v) is 11.0. The summed E-state index contributed by atoms with van der Waals surface area (Å²) in [5, 5.41) is 14.7. The van der Waals surface area contributed by atoms with Gasteiger partial charge < -0.3 is 15.0 Å². The van der Waals surface area contributed by atoms with Crippen LogP contribution in [0.15, 0.2) is 21.7 Å². The minimum Gasteiger partial charge on any atom is -0.586 e. The van der Waals surface area contributed by atoms with Gasteiger partial charge in [0.15, 0.2) is 0 Å². The first-order chi connectivity index (χ1) is 12.8. The van der Waals surface area contributed by atoms with Gasteiger partial charge >= 0.3 is 6.03 Å². The Labute approximate surface area is 165 Å². The van der Waals surface area contributed by atoms with E-state index < -0.39 is 23.0 Å². The van der Waals surface area contributed by atoms with E-state index >= 15 is 0 Å². The summed E-state index contributed by atoms with van der Waals surface area (Å²) in [6, 6.07) is 3.31. The second-order valence-electron chi connectivity index (χ2n) is 7.60. The van der Waals surface area contributed by atoms with Crippen molar-refractivity contribution in [2.24, 2.45) is 5.84 Å². The van der Waals surface area contributed by atoms with Gasteiger partial charge in [-0.3, -0.25) is 0 Å². The van der Waals surface area contributed by atoms with Crippen molar-refractivity contribution < 1.29 is 14.5 Å². The van der Waals surface area contributed by atoms with Crippen LogP contribution in [0.3, 0.4) is 0 Å². The van der Waals surface area contributed by atoms with Crippen LogP contribution in [0.2, 0.25) is 0 Å². The zero-order valence-electron chi connectivity index (χ0n) is 15.4. The fraction of sp³-hybridized carbons (Fsp3) is 0.421. The minimum absolute atomic E-state index is 0.427. The Balaban J connectivity index is 1.53. The summed E-state index contributed by atoms with van der Waals surface area (Å²) in [5.41, 5.74) is 5.46. The molecule has 4 rings (SSSR count). The van der Waals surface area contributed by atoms with Crippen molar-refractivity contribution in [3.63, 3.8) is 0 Å². The van der Waals surface area contributed by atoms with Crippen molar-refractivity contribution in [1.82, 2.24) is 4.41 Å². The highest BCUT2D eigenvalue weighted by Crippen LogP contribution is 2.40. The molecule has 4 N–H and O–H groups in total. The number of aliphatic hydroxyl groups is 1. The second-order valence-corrected chi connectivity index (χ2v) is 10.1. The van der Waals surface area contributed by atoms with Crippen LogP contribution in [0, 0.1) is 0 Å². The summed E-state index contributed by atoms with van der Waals surface area (Å²) in [6.45, 7) is 3.31. The largest absolute Gasteiger partial charge is 0.586 e. The Kier molecular flexibility index (Phi) is 4.72. The Bertz CT molecular complexity index is 904. The second kappa shape index (κ2) is 6.79. The van der Waals surface area contributed by atoms with Crippen molar-refractivity contribution in [3.05, 3.63) is 45.3 Å². The van der Waals surface area contributed by atoms with Gasteiger partial charge in [0.2, 0.25) is 4.21 Å². The topological polar surface area (TPSA) is 102 Å². The minimum atomic E-state index is -1.83. The molecule has 1 aromatic heterocycles. The van der Waals surface area contributed by atoms with Crippen LogP contribution < -0.4 is 11.2 Å². The summed E-state index contributed by atoms with van der Waals surface area (Å²) < 4.78 is 13.9. The van der Waals surface area contributed by atoms with Crippen molar-refractivity contribution in [3.8, 4) is 0 Å². The molecule has 2 aliphatic carbocycles. The molecule has 1 aromatic carbocycles. The van der Waals surface area contributed by atoms with Crippen molar-refractivity contribution >= 4 is 34.4 Å². The van der Waals surface area contributed by atoms with Crippen molar-refractivity contribution in [2.75, 3.05) is 5.32 Å². The average molecular weight is 406 g/mol. The van der Waals surface area contributed by atoms with E-state index in [0.717, 1.165) is 42.2 Å². The van der Waals surface area contributed by atoms with E-state index in [1.54, 1.807) is 25.3 Å². The molecule has 27 heavy (non-hydrogen) atoms. The lowest BCUT2D eigenvalue weighted by molar-refractivity contribution is 0.0789. The summed E-state index contributed by atoms with van der Waals surface area (Å²) in [7, 11) is 0. The Morgan fingerprint density at radius 1 is 1.26 bits per heavy atom. The standard InChI is InChI=1S/C19H23N3O3S2/c1-19(2,24)13-9-16(26-10-13)27(25)22(20)18(23)21-17-14-5-3-4-11(14)8-12-6-7-15(12)17/h8-10,24H,3-7,20H2,1-2H3,(H,21,23). The Morgan fingerprint density at radius 2 is 1.96 bits per heavy atom. The fourth-order valence-electron chi connectivity index (χ4n) is 3.66. The quantitative estimate of drug-likeness (QED) is 0.315. The number of rotatable bonds is 4. The first-order valence-electron chi connectivity index (χ1n) is 9.01. The predicted octanol–water partition coefficient (Wildman–Crippen LogP) is 2.99. The number of amides is 2. The molecule has 0 bridgehead atoms. The van der Waals surface area contributed by atoms with Crippen molar-refractivity contribution in [2.45, 2.75) is 55.8 Å². The van der Waals surface area contributed by atoms with Gasteiger partial charge in [0.05, 0.1) is 5.60 Å². The molecule has 1 unspecified atom stereocenters.